The Balaban J connectivity index is 2.60. The van der Waals surface area contributed by atoms with E-state index in [1.54, 1.807) is 26.0 Å². The summed E-state index contributed by atoms with van der Waals surface area (Å²) in [6.07, 6.45) is 1.19. The third kappa shape index (κ3) is 4.68. The van der Waals surface area contributed by atoms with E-state index in [0.29, 0.717) is 18.4 Å². The Labute approximate surface area is 135 Å². The van der Waals surface area contributed by atoms with E-state index in [-0.39, 0.29) is 31.0 Å². The molecule has 2 N–H and O–H groups in total. The monoisotopic (exact) mass is 325 g/mol. The van der Waals surface area contributed by atoms with Crippen LogP contribution in [0.5, 0.6) is 5.75 Å². The van der Waals surface area contributed by atoms with E-state index in [1.165, 1.54) is 13.2 Å². The molecule has 0 aliphatic heterocycles. The van der Waals surface area contributed by atoms with Crippen LogP contribution in [-0.2, 0) is 16.0 Å². The highest BCUT2D eigenvalue weighted by Gasteiger charge is 2.35. The minimum atomic E-state index is -0.948. The summed E-state index contributed by atoms with van der Waals surface area (Å²) < 4.78 is 18.9. The standard InChI is InChI=1S/C17H24FNO4/c1-4-17(5-2,16(21)22)11-19-14(20)10-9-12-7-6-8-13(23-3)15(12)18/h6-8H,4-5,9-11H2,1-3H3,(H,19,20)(H,21,22). The molecule has 0 bridgehead atoms. The maximum absolute atomic E-state index is 14.0. The first-order valence-electron chi connectivity index (χ1n) is 7.71. The molecule has 6 heteroatoms. The van der Waals surface area contributed by atoms with Crippen molar-refractivity contribution in [2.24, 2.45) is 5.41 Å². The molecule has 0 saturated heterocycles. The molecule has 23 heavy (non-hydrogen) atoms. The maximum atomic E-state index is 14.0. The molecule has 0 fully saturated rings. The molecule has 0 heterocycles. The number of halogens is 1. The van der Waals surface area contributed by atoms with Crippen LogP contribution in [0.25, 0.3) is 0 Å². The van der Waals surface area contributed by atoms with E-state index in [1.807, 2.05) is 0 Å². The van der Waals surface area contributed by atoms with E-state index in [4.69, 9.17) is 4.74 Å². The van der Waals surface area contributed by atoms with Crippen LogP contribution in [0.4, 0.5) is 4.39 Å². The normalized spacial score (nSPS) is 11.1. The zero-order valence-corrected chi connectivity index (χ0v) is 13.8. The molecule has 128 valence electrons. The number of carbonyl (C=O) groups is 2. The van der Waals surface area contributed by atoms with Gasteiger partial charge in [0.25, 0.3) is 0 Å². The molecule has 1 aromatic rings. The molecule has 0 aromatic heterocycles. The second-order valence-corrected chi connectivity index (χ2v) is 5.50. The third-order valence-electron chi connectivity index (χ3n) is 4.32. The van der Waals surface area contributed by atoms with Gasteiger partial charge in [-0.1, -0.05) is 26.0 Å². The summed E-state index contributed by atoms with van der Waals surface area (Å²) in [5, 5.41) is 12.0. The number of carbonyl (C=O) groups excluding carboxylic acids is 1. The molecule has 1 amide bonds. The first kappa shape index (κ1) is 18.9. The zero-order chi connectivity index (χ0) is 17.5. The number of ether oxygens (including phenoxy) is 1. The van der Waals surface area contributed by atoms with Crippen molar-refractivity contribution in [3.63, 3.8) is 0 Å². The number of hydrogen-bond donors (Lipinski definition) is 2. The van der Waals surface area contributed by atoms with E-state index in [9.17, 15) is 19.1 Å². The van der Waals surface area contributed by atoms with Crippen molar-refractivity contribution in [3.05, 3.63) is 29.6 Å². The van der Waals surface area contributed by atoms with Gasteiger partial charge in [0, 0.05) is 13.0 Å². The zero-order valence-electron chi connectivity index (χ0n) is 13.8. The number of methoxy groups -OCH3 is 1. The van der Waals surface area contributed by atoms with Crippen LogP contribution in [-0.4, -0.2) is 30.6 Å². The van der Waals surface area contributed by atoms with Gasteiger partial charge in [0.15, 0.2) is 11.6 Å². The number of rotatable bonds is 9. The second-order valence-electron chi connectivity index (χ2n) is 5.50. The van der Waals surface area contributed by atoms with Crippen LogP contribution in [0.3, 0.4) is 0 Å². The Hall–Kier alpha value is -2.11. The van der Waals surface area contributed by atoms with Gasteiger partial charge in [-0.3, -0.25) is 9.59 Å². The molecule has 0 saturated carbocycles. The predicted molar refractivity (Wildman–Crippen MR) is 84.9 cm³/mol. The van der Waals surface area contributed by atoms with Crippen molar-refractivity contribution in [2.75, 3.05) is 13.7 Å². The van der Waals surface area contributed by atoms with E-state index in [0.717, 1.165) is 0 Å². The van der Waals surface area contributed by atoms with E-state index >= 15 is 0 Å². The summed E-state index contributed by atoms with van der Waals surface area (Å²) >= 11 is 0. The van der Waals surface area contributed by atoms with Gasteiger partial charge in [0.2, 0.25) is 5.91 Å². The fourth-order valence-electron chi connectivity index (χ4n) is 2.39. The molecule has 0 atom stereocenters. The molecule has 0 aliphatic carbocycles. The fourth-order valence-corrected chi connectivity index (χ4v) is 2.39. The van der Waals surface area contributed by atoms with Crippen LogP contribution in [0.1, 0.15) is 38.7 Å². The Morgan fingerprint density at radius 2 is 1.96 bits per heavy atom. The van der Waals surface area contributed by atoms with Crippen LogP contribution in [0.15, 0.2) is 18.2 Å². The van der Waals surface area contributed by atoms with Gasteiger partial charge in [0.1, 0.15) is 0 Å². The largest absolute Gasteiger partial charge is 0.494 e. The van der Waals surface area contributed by atoms with Crippen LogP contribution >= 0.6 is 0 Å². The van der Waals surface area contributed by atoms with Gasteiger partial charge in [-0.25, -0.2) is 4.39 Å². The quantitative estimate of drug-likeness (QED) is 0.732. The number of aryl methyl sites for hydroxylation is 1. The molecular formula is C17H24FNO4. The topological polar surface area (TPSA) is 75.6 Å². The first-order chi connectivity index (χ1) is 10.9. The van der Waals surface area contributed by atoms with Gasteiger partial charge in [-0.15, -0.1) is 0 Å². The number of benzene rings is 1. The SMILES string of the molecule is CCC(CC)(CNC(=O)CCc1cccc(OC)c1F)C(=O)O. The lowest BCUT2D eigenvalue weighted by Gasteiger charge is -2.26. The summed E-state index contributed by atoms with van der Waals surface area (Å²) in [5.41, 5.74) is -0.549. The van der Waals surface area contributed by atoms with Crippen molar-refractivity contribution >= 4 is 11.9 Å². The lowest BCUT2D eigenvalue weighted by molar-refractivity contribution is -0.149. The minimum Gasteiger partial charge on any atom is -0.494 e. The van der Waals surface area contributed by atoms with Crippen LogP contribution in [0.2, 0.25) is 0 Å². The summed E-state index contributed by atoms with van der Waals surface area (Å²) in [6, 6.07) is 4.78. The van der Waals surface area contributed by atoms with Crippen molar-refractivity contribution in [1.29, 1.82) is 0 Å². The number of nitrogens with one attached hydrogen (secondary N) is 1. The minimum absolute atomic E-state index is 0.0781. The number of carboxylic acid groups (broad SMARTS) is 1. The molecule has 1 rings (SSSR count). The molecule has 0 radical (unpaired) electrons. The molecular weight excluding hydrogens is 301 g/mol. The Morgan fingerprint density at radius 1 is 1.30 bits per heavy atom. The predicted octanol–water partition coefficient (Wildman–Crippen LogP) is 2.77. The second kappa shape index (κ2) is 8.50. The number of amides is 1. The van der Waals surface area contributed by atoms with Gasteiger partial charge >= 0.3 is 5.97 Å². The highest BCUT2D eigenvalue weighted by atomic mass is 19.1. The highest BCUT2D eigenvalue weighted by molar-refractivity contribution is 5.79. The van der Waals surface area contributed by atoms with Gasteiger partial charge in [-0.05, 0) is 30.9 Å². The fraction of sp³-hybridized carbons (Fsp3) is 0.529. The summed E-state index contributed by atoms with van der Waals surface area (Å²) in [7, 11) is 1.38. The molecule has 5 nitrogen and oxygen atoms in total. The Morgan fingerprint density at radius 3 is 2.48 bits per heavy atom. The van der Waals surface area contributed by atoms with Gasteiger partial charge in [0.05, 0.1) is 12.5 Å². The van der Waals surface area contributed by atoms with Gasteiger partial charge < -0.3 is 15.2 Å². The summed E-state index contributed by atoms with van der Waals surface area (Å²) in [4.78, 5) is 23.3. The summed E-state index contributed by atoms with van der Waals surface area (Å²) in [6.45, 7) is 3.65. The number of aliphatic carboxylic acids is 1. The number of carboxylic acids is 1. The van der Waals surface area contributed by atoms with Crippen molar-refractivity contribution < 1.29 is 23.8 Å². The van der Waals surface area contributed by atoms with Crippen molar-refractivity contribution in [3.8, 4) is 5.75 Å². The van der Waals surface area contributed by atoms with Crippen LogP contribution < -0.4 is 10.1 Å². The lowest BCUT2D eigenvalue weighted by Crippen LogP contribution is -2.42. The van der Waals surface area contributed by atoms with Crippen molar-refractivity contribution in [1.82, 2.24) is 5.32 Å². The van der Waals surface area contributed by atoms with Crippen LogP contribution in [0, 0.1) is 11.2 Å². The van der Waals surface area contributed by atoms with E-state index < -0.39 is 17.2 Å². The van der Waals surface area contributed by atoms with Gasteiger partial charge in [-0.2, -0.15) is 0 Å². The molecule has 0 spiro atoms. The molecule has 0 unspecified atom stereocenters. The van der Waals surface area contributed by atoms with E-state index in [2.05, 4.69) is 5.32 Å². The molecule has 1 aromatic carbocycles. The Bertz CT molecular complexity index is 556. The van der Waals surface area contributed by atoms with Crippen molar-refractivity contribution in [2.45, 2.75) is 39.5 Å². The average molecular weight is 325 g/mol. The highest BCUT2D eigenvalue weighted by Crippen LogP contribution is 2.26. The average Bonchev–Trinajstić information content (AvgIpc) is 2.55. The smallest absolute Gasteiger partial charge is 0.311 e. The summed E-state index contributed by atoms with van der Waals surface area (Å²) in [5.74, 6) is -1.53. The molecule has 0 aliphatic rings. The maximum Gasteiger partial charge on any atom is 0.311 e. The Kier molecular flexibility index (Phi) is 7.00. The lowest BCUT2D eigenvalue weighted by atomic mass is 9.82. The third-order valence-corrected chi connectivity index (χ3v) is 4.32. The number of hydrogen-bond acceptors (Lipinski definition) is 3. The first-order valence-corrected chi connectivity index (χ1v) is 7.71.